The standard InChI is InChI=1S/C15H34N2/c1-8-15(7,11-16-10-13(3)4)12-17(9-2)14(5)6/h13-14,16H,8-12H2,1-7H3. The Labute approximate surface area is 109 Å². The lowest BCUT2D eigenvalue weighted by Crippen LogP contribution is -2.45. The van der Waals surface area contributed by atoms with Crippen molar-refractivity contribution in [2.75, 3.05) is 26.2 Å². The van der Waals surface area contributed by atoms with E-state index in [0.29, 0.717) is 11.5 Å². The van der Waals surface area contributed by atoms with Gasteiger partial charge in [0.2, 0.25) is 0 Å². The molecule has 0 amide bonds. The van der Waals surface area contributed by atoms with Crippen LogP contribution in [0.25, 0.3) is 0 Å². The lowest BCUT2D eigenvalue weighted by Gasteiger charge is -2.37. The Bertz CT molecular complexity index is 189. The van der Waals surface area contributed by atoms with Crippen LogP contribution >= 0.6 is 0 Å². The zero-order valence-electron chi connectivity index (χ0n) is 13.1. The fourth-order valence-electron chi connectivity index (χ4n) is 2.11. The predicted octanol–water partition coefficient (Wildman–Crippen LogP) is 3.38. The van der Waals surface area contributed by atoms with Crippen molar-refractivity contribution < 1.29 is 0 Å². The summed E-state index contributed by atoms with van der Waals surface area (Å²) in [5, 5.41) is 3.62. The van der Waals surface area contributed by atoms with E-state index in [-0.39, 0.29) is 0 Å². The first-order valence-electron chi connectivity index (χ1n) is 7.29. The summed E-state index contributed by atoms with van der Waals surface area (Å²) in [4.78, 5) is 2.57. The van der Waals surface area contributed by atoms with Crippen LogP contribution in [0.4, 0.5) is 0 Å². The fraction of sp³-hybridized carbons (Fsp3) is 1.00. The summed E-state index contributed by atoms with van der Waals surface area (Å²) in [5.41, 5.74) is 0.398. The topological polar surface area (TPSA) is 15.3 Å². The largest absolute Gasteiger partial charge is 0.316 e. The van der Waals surface area contributed by atoms with E-state index in [0.717, 1.165) is 25.6 Å². The number of nitrogens with one attached hydrogen (secondary N) is 1. The predicted molar refractivity (Wildman–Crippen MR) is 78.5 cm³/mol. The summed E-state index contributed by atoms with van der Waals surface area (Å²) in [6.07, 6.45) is 1.24. The van der Waals surface area contributed by atoms with Crippen LogP contribution in [0.5, 0.6) is 0 Å². The summed E-state index contributed by atoms with van der Waals surface area (Å²) in [6, 6.07) is 0.649. The number of hydrogen-bond acceptors (Lipinski definition) is 2. The Morgan fingerprint density at radius 1 is 1.12 bits per heavy atom. The molecule has 2 nitrogen and oxygen atoms in total. The lowest BCUT2D eigenvalue weighted by molar-refractivity contribution is 0.132. The van der Waals surface area contributed by atoms with Gasteiger partial charge in [-0.25, -0.2) is 0 Å². The van der Waals surface area contributed by atoms with E-state index in [9.17, 15) is 0 Å². The van der Waals surface area contributed by atoms with Crippen LogP contribution in [0.3, 0.4) is 0 Å². The van der Waals surface area contributed by atoms with Crippen molar-refractivity contribution in [3.8, 4) is 0 Å². The van der Waals surface area contributed by atoms with E-state index in [1.165, 1.54) is 13.0 Å². The molecular weight excluding hydrogens is 208 g/mol. The molecule has 0 aliphatic rings. The normalized spacial score (nSPS) is 15.9. The Morgan fingerprint density at radius 2 is 1.71 bits per heavy atom. The molecule has 1 atom stereocenters. The van der Waals surface area contributed by atoms with Gasteiger partial charge in [0.05, 0.1) is 0 Å². The first kappa shape index (κ1) is 16.9. The summed E-state index contributed by atoms with van der Waals surface area (Å²) in [5.74, 6) is 0.739. The van der Waals surface area contributed by atoms with Gasteiger partial charge in [0, 0.05) is 19.1 Å². The monoisotopic (exact) mass is 242 g/mol. The highest BCUT2D eigenvalue weighted by Crippen LogP contribution is 2.22. The van der Waals surface area contributed by atoms with Crippen LogP contribution in [-0.4, -0.2) is 37.1 Å². The van der Waals surface area contributed by atoms with Crippen LogP contribution in [0.2, 0.25) is 0 Å². The van der Waals surface area contributed by atoms with Gasteiger partial charge in [-0.05, 0) is 44.7 Å². The molecule has 0 bridgehead atoms. The van der Waals surface area contributed by atoms with Gasteiger partial charge in [-0.3, -0.25) is 0 Å². The molecule has 0 spiro atoms. The first-order valence-corrected chi connectivity index (χ1v) is 7.29. The Hall–Kier alpha value is -0.0800. The maximum Gasteiger partial charge on any atom is 0.00500 e. The number of hydrogen-bond donors (Lipinski definition) is 1. The molecule has 0 aromatic heterocycles. The van der Waals surface area contributed by atoms with E-state index in [1.54, 1.807) is 0 Å². The van der Waals surface area contributed by atoms with Gasteiger partial charge >= 0.3 is 0 Å². The fourth-order valence-corrected chi connectivity index (χ4v) is 2.11. The van der Waals surface area contributed by atoms with Gasteiger partial charge in [0.25, 0.3) is 0 Å². The Kier molecular flexibility index (Phi) is 8.06. The van der Waals surface area contributed by atoms with Crippen LogP contribution in [-0.2, 0) is 0 Å². The second-order valence-electron chi connectivity index (χ2n) is 6.35. The summed E-state index contributed by atoms with van der Waals surface area (Å²) < 4.78 is 0. The van der Waals surface area contributed by atoms with Crippen LogP contribution in [0.1, 0.15) is 54.9 Å². The molecule has 0 aromatic carbocycles. The number of rotatable bonds is 9. The van der Waals surface area contributed by atoms with Gasteiger partial charge in [0.15, 0.2) is 0 Å². The van der Waals surface area contributed by atoms with Gasteiger partial charge in [-0.15, -0.1) is 0 Å². The zero-order chi connectivity index (χ0) is 13.5. The van der Waals surface area contributed by atoms with Gasteiger partial charge in [0.1, 0.15) is 0 Å². The number of nitrogens with zero attached hydrogens (tertiary/aromatic N) is 1. The van der Waals surface area contributed by atoms with E-state index < -0.39 is 0 Å². The van der Waals surface area contributed by atoms with Gasteiger partial charge < -0.3 is 10.2 Å². The lowest BCUT2D eigenvalue weighted by atomic mass is 9.86. The van der Waals surface area contributed by atoms with Crippen molar-refractivity contribution in [3.63, 3.8) is 0 Å². The molecule has 17 heavy (non-hydrogen) atoms. The van der Waals surface area contributed by atoms with Crippen molar-refractivity contribution >= 4 is 0 Å². The maximum atomic E-state index is 3.62. The molecule has 0 heterocycles. The van der Waals surface area contributed by atoms with E-state index >= 15 is 0 Å². The van der Waals surface area contributed by atoms with E-state index in [1.807, 2.05) is 0 Å². The van der Waals surface area contributed by atoms with Crippen molar-refractivity contribution in [3.05, 3.63) is 0 Å². The third kappa shape index (κ3) is 7.05. The molecule has 2 heteroatoms. The summed E-state index contributed by atoms with van der Waals surface area (Å²) in [7, 11) is 0. The molecule has 1 N–H and O–H groups in total. The van der Waals surface area contributed by atoms with E-state index in [4.69, 9.17) is 0 Å². The van der Waals surface area contributed by atoms with Crippen molar-refractivity contribution in [2.24, 2.45) is 11.3 Å². The minimum atomic E-state index is 0.398. The van der Waals surface area contributed by atoms with Crippen molar-refractivity contribution in [1.82, 2.24) is 10.2 Å². The van der Waals surface area contributed by atoms with Crippen LogP contribution in [0.15, 0.2) is 0 Å². The average molecular weight is 242 g/mol. The Morgan fingerprint density at radius 3 is 2.06 bits per heavy atom. The first-order chi connectivity index (χ1) is 7.84. The summed E-state index contributed by atoms with van der Waals surface area (Å²) in [6.45, 7) is 20.7. The quantitative estimate of drug-likeness (QED) is 0.667. The second kappa shape index (κ2) is 8.10. The minimum absolute atomic E-state index is 0.398. The van der Waals surface area contributed by atoms with Crippen LogP contribution in [0, 0.1) is 11.3 Å². The summed E-state index contributed by atoms with van der Waals surface area (Å²) >= 11 is 0. The third-order valence-electron chi connectivity index (χ3n) is 3.68. The van der Waals surface area contributed by atoms with Gasteiger partial charge in [-0.1, -0.05) is 34.6 Å². The molecule has 0 saturated carbocycles. The molecule has 0 aliphatic heterocycles. The zero-order valence-corrected chi connectivity index (χ0v) is 13.1. The molecule has 0 saturated heterocycles. The van der Waals surface area contributed by atoms with Crippen molar-refractivity contribution in [2.45, 2.75) is 60.9 Å². The molecule has 0 rings (SSSR count). The molecule has 0 radical (unpaired) electrons. The molecular formula is C15H34N2. The molecule has 1 unspecified atom stereocenters. The third-order valence-corrected chi connectivity index (χ3v) is 3.68. The minimum Gasteiger partial charge on any atom is -0.316 e. The highest BCUT2D eigenvalue weighted by Gasteiger charge is 2.25. The van der Waals surface area contributed by atoms with Crippen molar-refractivity contribution in [1.29, 1.82) is 0 Å². The average Bonchev–Trinajstić information content (AvgIpc) is 2.25. The highest BCUT2D eigenvalue weighted by molar-refractivity contribution is 4.80. The van der Waals surface area contributed by atoms with Crippen LogP contribution < -0.4 is 5.32 Å². The molecule has 0 fully saturated rings. The Balaban J connectivity index is 4.25. The molecule has 0 aromatic rings. The SMILES string of the molecule is CCN(CC(C)(CC)CNCC(C)C)C(C)C. The highest BCUT2D eigenvalue weighted by atomic mass is 15.1. The molecule has 0 aliphatic carbocycles. The second-order valence-corrected chi connectivity index (χ2v) is 6.35. The maximum absolute atomic E-state index is 3.62. The molecule has 104 valence electrons. The smallest absolute Gasteiger partial charge is 0.00500 e. The van der Waals surface area contributed by atoms with E-state index in [2.05, 4.69) is 58.7 Å². The van der Waals surface area contributed by atoms with Gasteiger partial charge in [-0.2, -0.15) is 0 Å².